The predicted octanol–water partition coefficient (Wildman–Crippen LogP) is 3.69. The molecule has 1 saturated heterocycles. The van der Waals surface area contributed by atoms with Crippen molar-refractivity contribution in [2.45, 2.75) is 6.54 Å². The molecule has 0 spiro atoms. The molecule has 0 saturated carbocycles. The van der Waals surface area contributed by atoms with E-state index in [2.05, 4.69) is 5.32 Å². The van der Waals surface area contributed by atoms with Gasteiger partial charge in [-0.15, -0.1) is 0 Å². The summed E-state index contributed by atoms with van der Waals surface area (Å²) in [7, 11) is 0. The Morgan fingerprint density at radius 1 is 1.14 bits per heavy atom. The number of benzene rings is 2. The molecule has 2 aliphatic rings. The van der Waals surface area contributed by atoms with E-state index in [9.17, 15) is 9.59 Å². The van der Waals surface area contributed by atoms with Crippen molar-refractivity contribution in [1.29, 1.82) is 0 Å². The smallest absolute Gasteiger partial charge is 0.294 e. The van der Waals surface area contributed by atoms with Crippen molar-refractivity contribution in [2.24, 2.45) is 0 Å². The van der Waals surface area contributed by atoms with E-state index >= 15 is 0 Å². The monoisotopic (exact) mass is 434 g/mol. The first-order chi connectivity index (χ1) is 13.4. The number of fused-ring (bicyclic) bond motifs is 1. The Balaban J connectivity index is 1.68. The Morgan fingerprint density at radius 3 is 2.68 bits per heavy atom. The number of nitrogens with one attached hydrogen (secondary N) is 1. The van der Waals surface area contributed by atoms with Gasteiger partial charge in [-0.25, -0.2) is 0 Å². The number of amides is 2. The Bertz CT molecular complexity index is 1050. The van der Waals surface area contributed by atoms with Crippen LogP contribution >= 0.6 is 35.4 Å². The molecule has 2 amide bonds. The molecular formula is C19H12Cl2N2O4S. The summed E-state index contributed by atoms with van der Waals surface area (Å²) >= 11 is 16.9. The van der Waals surface area contributed by atoms with Crippen LogP contribution in [-0.2, 0) is 20.9 Å². The van der Waals surface area contributed by atoms with Gasteiger partial charge in [-0.05, 0) is 53.7 Å². The Kier molecular flexibility index (Phi) is 4.97. The van der Waals surface area contributed by atoms with Crippen molar-refractivity contribution in [3.63, 3.8) is 0 Å². The van der Waals surface area contributed by atoms with Crippen molar-refractivity contribution in [2.75, 3.05) is 11.5 Å². The van der Waals surface area contributed by atoms with Crippen LogP contribution in [0.5, 0.6) is 5.75 Å². The predicted molar refractivity (Wildman–Crippen MR) is 109 cm³/mol. The van der Waals surface area contributed by atoms with Gasteiger partial charge in [-0.2, -0.15) is 0 Å². The second-order valence-corrected chi connectivity index (χ2v) is 7.28. The summed E-state index contributed by atoms with van der Waals surface area (Å²) in [5, 5.41) is 3.27. The van der Waals surface area contributed by atoms with Crippen LogP contribution in [0.2, 0.25) is 10.0 Å². The van der Waals surface area contributed by atoms with Crippen LogP contribution < -0.4 is 15.0 Å². The van der Waals surface area contributed by atoms with E-state index in [1.165, 1.54) is 0 Å². The molecule has 9 heteroatoms. The van der Waals surface area contributed by atoms with E-state index in [0.29, 0.717) is 33.6 Å². The Labute approximate surface area is 175 Å². The molecule has 1 fully saturated rings. The maximum absolute atomic E-state index is 12.5. The molecule has 0 atom stereocenters. The normalized spacial score (nSPS) is 17.3. The van der Waals surface area contributed by atoms with Gasteiger partial charge in [0.1, 0.15) is 5.75 Å². The zero-order chi connectivity index (χ0) is 19.8. The quantitative estimate of drug-likeness (QED) is 0.589. The van der Waals surface area contributed by atoms with E-state index in [1.54, 1.807) is 47.4 Å². The highest BCUT2D eigenvalue weighted by Gasteiger charge is 2.27. The van der Waals surface area contributed by atoms with Gasteiger partial charge in [0.05, 0.1) is 22.3 Å². The molecule has 0 unspecified atom stereocenters. The van der Waals surface area contributed by atoms with Gasteiger partial charge in [0, 0.05) is 0 Å². The van der Waals surface area contributed by atoms with E-state index in [-0.39, 0.29) is 23.4 Å². The summed E-state index contributed by atoms with van der Waals surface area (Å²) in [5.41, 5.74) is 2.06. The maximum Gasteiger partial charge on any atom is 0.294 e. The van der Waals surface area contributed by atoms with Crippen LogP contribution in [0.4, 0.5) is 5.69 Å². The number of carbonyl (C=O) groups excluding carboxylic acids is 2. The number of halogens is 2. The first-order valence-corrected chi connectivity index (χ1v) is 9.33. The maximum atomic E-state index is 12.5. The minimum absolute atomic E-state index is 0.00830. The van der Waals surface area contributed by atoms with Crippen LogP contribution in [0.25, 0.3) is 6.08 Å². The zero-order valence-electron chi connectivity index (χ0n) is 14.2. The van der Waals surface area contributed by atoms with Gasteiger partial charge in [-0.1, -0.05) is 35.3 Å². The third kappa shape index (κ3) is 3.69. The number of rotatable bonds is 3. The average molecular weight is 435 g/mol. The molecule has 0 aliphatic carbocycles. The minimum Gasteiger partial charge on any atom is -0.482 e. The molecule has 0 bridgehead atoms. The highest BCUT2D eigenvalue weighted by molar-refractivity contribution is 7.80. The third-order valence-electron chi connectivity index (χ3n) is 4.19. The van der Waals surface area contributed by atoms with Crippen LogP contribution in [0.3, 0.4) is 0 Å². The number of hydrogen-bond acceptors (Lipinski definition) is 5. The molecule has 2 aromatic rings. The summed E-state index contributed by atoms with van der Waals surface area (Å²) in [6, 6.07) is 10.5. The lowest BCUT2D eigenvalue weighted by atomic mass is 10.1. The first-order valence-electron chi connectivity index (χ1n) is 8.17. The number of nitrogens with zero attached hydrogens (tertiary/aromatic N) is 1. The minimum atomic E-state index is -0.414. The molecule has 1 N–H and O–H groups in total. The first kappa shape index (κ1) is 18.7. The lowest BCUT2D eigenvalue weighted by Gasteiger charge is -2.30. The zero-order valence-corrected chi connectivity index (χ0v) is 16.5. The lowest BCUT2D eigenvalue weighted by Crippen LogP contribution is -2.38. The van der Waals surface area contributed by atoms with Crippen molar-refractivity contribution in [1.82, 2.24) is 5.32 Å². The van der Waals surface area contributed by atoms with Crippen molar-refractivity contribution in [3.05, 3.63) is 63.3 Å². The van der Waals surface area contributed by atoms with Gasteiger partial charge in [0.25, 0.3) is 17.0 Å². The fourth-order valence-electron chi connectivity index (χ4n) is 2.88. The molecule has 2 heterocycles. The van der Waals surface area contributed by atoms with Crippen molar-refractivity contribution >= 4 is 64.2 Å². The molecule has 0 aromatic heterocycles. The standard InChI is InChI=1S/C19H12Cl2N2O4S/c20-12-3-1-11(5-13(12)21)8-23-14-6-10(2-4-15(14)26-9-17(23)24)7-16-18(25)22-19(28)27-16/h1-7H,8-9H2,(H,22,25,28). The van der Waals surface area contributed by atoms with E-state index < -0.39 is 5.91 Å². The summed E-state index contributed by atoms with van der Waals surface area (Å²) in [5.74, 6) is 0.0419. The summed E-state index contributed by atoms with van der Waals surface area (Å²) < 4.78 is 10.7. The van der Waals surface area contributed by atoms with Gasteiger partial charge < -0.3 is 14.4 Å². The second kappa shape index (κ2) is 7.43. The lowest BCUT2D eigenvalue weighted by molar-refractivity contribution is -0.121. The van der Waals surface area contributed by atoms with E-state index in [0.717, 1.165) is 5.56 Å². The highest BCUT2D eigenvalue weighted by Crippen LogP contribution is 2.35. The molecule has 28 heavy (non-hydrogen) atoms. The molecule has 4 rings (SSSR count). The topological polar surface area (TPSA) is 67.9 Å². The highest BCUT2D eigenvalue weighted by atomic mass is 35.5. The molecule has 2 aliphatic heterocycles. The van der Waals surface area contributed by atoms with E-state index in [4.69, 9.17) is 44.9 Å². The number of thiocarbonyl (C=S) groups is 1. The Hall–Kier alpha value is -2.61. The summed E-state index contributed by atoms with van der Waals surface area (Å²) in [6.45, 7) is 0.238. The fourth-order valence-corrected chi connectivity index (χ4v) is 3.38. The molecule has 142 valence electrons. The number of anilines is 1. The molecular weight excluding hydrogens is 423 g/mol. The van der Waals surface area contributed by atoms with Crippen molar-refractivity contribution < 1.29 is 19.1 Å². The van der Waals surface area contributed by atoms with Gasteiger partial charge in [-0.3, -0.25) is 14.9 Å². The largest absolute Gasteiger partial charge is 0.482 e. The number of hydrogen-bond donors (Lipinski definition) is 1. The van der Waals surface area contributed by atoms with Crippen LogP contribution in [0.15, 0.2) is 42.2 Å². The third-order valence-corrected chi connectivity index (χ3v) is 5.11. The summed E-state index contributed by atoms with van der Waals surface area (Å²) in [4.78, 5) is 25.9. The second-order valence-electron chi connectivity index (χ2n) is 6.10. The van der Waals surface area contributed by atoms with Gasteiger partial charge in [0.15, 0.2) is 12.4 Å². The van der Waals surface area contributed by atoms with Crippen molar-refractivity contribution in [3.8, 4) is 5.75 Å². The number of ether oxygens (including phenoxy) is 2. The fraction of sp³-hybridized carbons (Fsp3) is 0.105. The summed E-state index contributed by atoms with van der Waals surface area (Å²) in [6.07, 6.45) is 1.55. The number of carbonyl (C=O) groups is 2. The molecule has 6 nitrogen and oxygen atoms in total. The average Bonchev–Trinajstić information content (AvgIpc) is 2.97. The van der Waals surface area contributed by atoms with Gasteiger partial charge in [0.2, 0.25) is 0 Å². The SMILES string of the molecule is O=C1NC(=S)OC1=Cc1ccc2c(c1)N(Cc1ccc(Cl)c(Cl)c1)C(=O)CO2. The van der Waals surface area contributed by atoms with Crippen LogP contribution in [0, 0.1) is 0 Å². The van der Waals surface area contributed by atoms with E-state index in [1.807, 2.05) is 0 Å². The van der Waals surface area contributed by atoms with Gasteiger partial charge >= 0.3 is 0 Å². The molecule has 2 aromatic carbocycles. The Morgan fingerprint density at radius 2 is 1.96 bits per heavy atom. The molecule has 0 radical (unpaired) electrons. The van der Waals surface area contributed by atoms with Crippen LogP contribution in [0.1, 0.15) is 11.1 Å². The van der Waals surface area contributed by atoms with Crippen LogP contribution in [-0.4, -0.2) is 23.6 Å².